The second-order valence-corrected chi connectivity index (χ2v) is 6.38. The van der Waals surface area contributed by atoms with E-state index in [0.717, 1.165) is 22.5 Å². The summed E-state index contributed by atoms with van der Waals surface area (Å²) in [7, 11) is 0. The number of nitrogens with zero attached hydrogens (tertiary/aromatic N) is 2. The van der Waals surface area contributed by atoms with E-state index >= 15 is 0 Å². The Morgan fingerprint density at radius 3 is 2.38 bits per heavy atom. The number of nitrogens with one attached hydrogen (secondary N) is 2. The molecule has 1 amide bonds. The Bertz CT molecular complexity index is 937. The molecular weight excluding hydrogens is 324 g/mol. The first-order chi connectivity index (χ1) is 12.5. The number of rotatable bonds is 5. The third-order valence-electron chi connectivity index (χ3n) is 3.90. The fourth-order valence-electron chi connectivity index (χ4n) is 2.69. The van der Waals surface area contributed by atoms with Crippen molar-refractivity contribution in [3.63, 3.8) is 0 Å². The fraction of sp³-hybridized carbons (Fsp3) is 0.190. The van der Waals surface area contributed by atoms with Crippen molar-refractivity contribution in [2.75, 3.05) is 5.32 Å². The Labute approximate surface area is 153 Å². The molecule has 2 aromatic carbocycles. The Morgan fingerprint density at radius 2 is 1.65 bits per heavy atom. The van der Waals surface area contributed by atoms with E-state index in [2.05, 4.69) is 26.7 Å². The van der Waals surface area contributed by atoms with Crippen molar-refractivity contribution in [1.29, 1.82) is 0 Å². The van der Waals surface area contributed by atoms with Crippen molar-refractivity contribution in [2.24, 2.45) is 0 Å². The van der Waals surface area contributed by atoms with Crippen LogP contribution in [0.25, 0.3) is 0 Å². The molecule has 0 unspecified atom stereocenters. The Kier molecular flexibility index (Phi) is 5.27. The minimum Gasteiger partial charge on any atom is -0.347 e. The van der Waals surface area contributed by atoms with Gasteiger partial charge in [0.1, 0.15) is 5.69 Å². The fourth-order valence-corrected chi connectivity index (χ4v) is 2.69. The van der Waals surface area contributed by atoms with Gasteiger partial charge in [0.15, 0.2) is 0 Å². The minimum atomic E-state index is -0.218. The zero-order chi connectivity index (χ0) is 18.5. The van der Waals surface area contributed by atoms with Gasteiger partial charge < -0.3 is 10.6 Å². The van der Waals surface area contributed by atoms with Gasteiger partial charge in [-0.05, 0) is 50.1 Å². The molecular formula is C21H22N4O. The first kappa shape index (κ1) is 17.6. The van der Waals surface area contributed by atoms with Gasteiger partial charge in [-0.1, -0.05) is 42.0 Å². The van der Waals surface area contributed by atoms with E-state index in [1.54, 1.807) is 6.07 Å². The molecule has 0 radical (unpaired) electrons. The summed E-state index contributed by atoms with van der Waals surface area (Å²) < 4.78 is 0. The van der Waals surface area contributed by atoms with Gasteiger partial charge in [-0.3, -0.25) is 4.79 Å². The van der Waals surface area contributed by atoms with E-state index in [0.29, 0.717) is 18.2 Å². The highest BCUT2D eigenvalue weighted by atomic mass is 16.1. The maximum Gasteiger partial charge on any atom is 0.270 e. The Morgan fingerprint density at radius 1 is 0.923 bits per heavy atom. The van der Waals surface area contributed by atoms with Gasteiger partial charge >= 0.3 is 0 Å². The van der Waals surface area contributed by atoms with Crippen LogP contribution in [0, 0.1) is 20.8 Å². The van der Waals surface area contributed by atoms with Gasteiger partial charge in [-0.25, -0.2) is 9.97 Å². The van der Waals surface area contributed by atoms with Gasteiger partial charge in [0.2, 0.25) is 5.95 Å². The number of aromatic nitrogens is 2. The number of hydrogen-bond donors (Lipinski definition) is 2. The minimum absolute atomic E-state index is 0.218. The molecule has 3 rings (SSSR count). The van der Waals surface area contributed by atoms with Crippen molar-refractivity contribution in [3.05, 3.63) is 82.7 Å². The molecule has 1 heterocycles. The van der Waals surface area contributed by atoms with Gasteiger partial charge in [-0.15, -0.1) is 0 Å². The summed E-state index contributed by atoms with van der Waals surface area (Å²) in [6, 6.07) is 17.7. The van der Waals surface area contributed by atoms with Crippen LogP contribution in [0.2, 0.25) is 0 Å². The average molecular weight is 346 g/mol. The van der Waals surface area contributed by atoms with Crippen LogP contribution >= 0.6 is 0 Å². The highest BCUT2D eigenvalue weighted by molar-refractivity contribution is 5.92. The lowest BCUT2D eigenvalue weighted by Crippen LogP contribution is -2.24. The second-order valence-electron chi connectivity index (χ2n) is 6.38. The van der Waals surface area contributed by atoms with Crippen molar-refractivity contribution < 1.29 is 4.79 Å². The molecule has 132 valence electrons. The lowest BCUT2D eigenvalue weighted by molar-refractivity contribution is 0.0945. The SMILES string of the molecule is Cc1cccc(CNC(=O)c2cc(C)nc(Nc3cccc(C)c3)n2)c1. The topological polar surface area (TPSA) is 66.9 Å². The monoisotopic (exact) mass is 346 g/mol. The highest BCUT2D eigenvalue weighted by Gasteiger charge is 2.11. The summed E-state index contributed by atoms with van der Waals surface area (Å²) in [4.78, 5) is 21.2. The zero-order valence-corrected chi connectivity index (χ0v) is 15.2. The van der Waals surface area contributed by atoms with Crippen molar-refractivity contribution in [2.45, 2.75) is 27.3 Å². The molecule has 5 nitrogen and oxygen atoms in total. The number of anilines is 2. The quantitative estimate of drug-likeness (QED) is 0.731. The van der Waals surface area contributed by atoms with Crippen molar-refractivity contribution >= 4 is 17.5 Å². The molecule has 2 N–H and O–H groups in total. The smallest absolute Gasteiger partial charge is 0.270 e. The summed E-state index contributed by atoms with van der Waals surface area (Å²) in [5.41, 5.74) is 5.33. The van der Waals surface area contributed by atoms with E-state index in [1.807, 2.05) is 63.2 Å². The standard InChI is InChI=1S/C21H22N4O/c1-14-6-4-8-17(10-14)13-22-20(26)19-12-16(3)23-21(25-19)24-18-9-5-7-15(2)11-18/h4-12H,13H2,1-3H3,(H,22,26)(H,23,24,25). The summed E-state index contributed by atoms with van der Waals surface area (Å²) in [6.45, 7) is 6.36. The predicted molar refractivity (Wildman–Crippen MR) is 104 cm³/mol. The first-order valence-corrected chi connectivity index (χ1v) is 8.53. The zero-order valence-electron chi connectivity index (χ0n) is 15.2. The largest absolute Gasteiger partial charge is 0.347 e. The van der Waals surface area contributed by atoms with Crippen LogP contribution in [-0.4, -0.2) is 15.9 Å². The maximum absolute atomic E-state index is 12.5. The van der Waals surface area contributed by atoms with E-state index in [9.17, 15) is 4.79 Å². The molecule has 3 aromatic rings. The van der Waals surface area contributed by atoms with Gasteiger partial charge in [0, 0.05) is 17.9 Å². The molecule has 0 fully saturated rings. The molecule has 0 saturated carbocycles. The number of benzene rings is 2. The number of amides is 1. The lowest BCUT2D eigenvalue weighted by Gasteiger charge is -2.09. The summed E-state index contributed by atoms with van der Waals surface area (Å²) in [5, 5.41) is 6.07. The van der Waals surface area contributed by atoms with Crippen LogP contribution in [0.5, 0.6) is 0 Å². The molecule has 1 aromatic heterocycles. The average Bonchev–Trinajstić information content (AvgIpc) is 2.59. The van der Waals surface area contributed by atoms with E-state index < -0.39 is 0 Å². The van der Waals surface area contributed by atoms with Crippen LogP contribution in [-0.2, 0) is 6.54 Å². The van der Waals surface area contributed by atoms with Crippen LogP contribution in [0.15, 0.2) is 54.6 Å². The van der Waals surface area contributed by atoms with Crippen LogP contribution in [0.4, 0.5) is 11.6 Å². The lowest BCUT2D eigenvalue weighted by atomic mass is 10.1. The molecule has 0 saturated heterocycles. The molecule has 5 heteroatoms. The van der Waals surface area contributed by atoms with E-state index in [-0.39, 0.29) is 5.91 Å². The Balaban J connectivity index is 1.73. The van der Waals surface area contributed by atoms with Crippen molar-refractivity contribution in [3.8, 4) is 0 Å². The van der Waals surface area contributed by atoms with Gasteiger partial charge in [0.05, 0.1) is 0 Å². The Hall–Kier alpha value is -3.21. The maximum atomic E-state index is 12.5. The summed E-state index contributed by atoms with van der Waals surface area (Å²) in [6.07, 6.45) is 0. The van der Waals surface area contributed by atoms with Gasteiger partial charge in [-0.2, -0.15) is 0 Å². The molecule has 26 heavy (non-hydrogen) atoms. The van der Waals surface area contributed by atoms with Gasteiger partial charge in [0.25, 0.3) is 5.91 Å². The first-order valence-electron chi connectivity index (χ1n) is 8.53. The summed E-state index contributed by atoms with van der Waals surface area (Å²) >= 11 is 0. The van der Waals surface area contributed by atoms with E-state index in [1.165, 1.54) is 5.56 Å². The predicted octanol–water partition coefficient (Wildman–Crippen LogP) is 4.08. The molecule has 0 spiro atoms. The van der Waals surface area contributed by atoms with Crippen LogP contribution < -0.4 is 10.6 Å². The molecule has 0 bridgehead atoms. The second kappa shape index (κ2) is 7.78. The molecule has 0 atom stereocenters. The van der Waals surface area contributed by atoms with E-state index in [4.69, 9.17) is 0 Å². The molecule has 0 aliphatic carbocycles. The normalized spacial score (nSPS) is 10.4. The number of carbonyl (C=O) groups is 1. The third-order valence-corrected chi connectivity index (χ3v) is 3.90. The third kappa shape index (κ3) is 4.66. The number of carbonyl (C=O) groups excluding carboxylic acids is 1. The number of aryl methyl sites for hydroxylation is 3. The summed E-state index contributed by atoms with van der Waals surface area (Å²) in [5.74, 6) is 0.195. The molecule has 0 aliphatic heterocycles. The molecule has 0 aliphatic rings. The van der Waals surface area contributed by atoms with Crippen molar-refractivity contribution in [1.82, 2.24) is 15.3 Å². The van der Waals surface area contributed by atoms with Crippen LogP contribution in [0.1, 0.15) is 32.9 Å². The number of hydrogen-bond acceptors (Lipinski definition) is 4. The van der Waals surface area contributed by atoms with Crippen LogP contribution in [0.3, 0.4) is 0 Å². The highest BCUT2D eigenvalue weighted by Crippen LogP contribution is 2.15.